The van der Waals surface area contributed by atoms with E-state index in [9.17, 15) is 9.90 Å². The summed E-state index contributed by atoms with van der Waals surface area (Å²) >= 11 is 0. The standard InChI is InChI=1S/C23H28N2O4/c26-22(24-14-19-16-28-20-8-4-5-9-21(20)29-19)15-25-12-10-18(11-13-25)23(27)17-6-2-1-3-7-17/h1-9,18-19,23,27H,10-16H2,(H,24,26). The third kappa shape index (κ3) is 5.08. The molecule has 1 amide bonds. The highest BCUT2D eigenvalue weighted by molar-refractivity contribution is 5.78. The van der Waals surface area contributed by atoms with Crippen LogP contribution in [0.3, 0.4) is 0 Å². The van der Waals surface area contributed by atoms with Crippen LogP contribution in [0.4, 0.5) is 0 Å². The van der Waals surface area contributed by atoms with Crippen molar-refractivity contribution in [3.63, 3.8) is 0 Å². The van der Waals surface area contributed by atoms with Gasteiger partial charge in [0.2, 0.25) is 5.91 Å². The van der Waals surface area contributed by atoms with Crippen LogP contribution < -0.4 is 14.8 Å². The predicted molar refractivity (Wildman–Crippen MR) is 110 cm³/mol. The first-order valence-corrected chi connectivity index (χ1v) is 10.3. The fourth-order valence-electron chi connectivity index (χ4n) is 4.00. The number of hydrogen-bond acceptors (Lipinski definition) is 5. The number of rotatable bonds is 6. The van der Waals surface area contributed by atoms with Gasteiger partial charge in [-0.25, -0.2) is 0 Å². The number of carbonyl (C=O) groups is 1. The summed E-state index contributed by atoms with van der Waals surface area (Å²) in [6, 6.07) is 17.4. The minimum Gasteiger partial charge on any atom is -0.486 e. The summed E-state index contributed by atoms with van der Waals surface area (Å²) in [5.41, 5.74) is 0.972. The van der Waals surface area contributed by atoms with E-state index in [-0.39, 0.29) is 17.9 Å². The number of aliphatic hydroxyl groups excluding tert-OH is 1. The van der Waals surface area contributed by atoms with Crippen LogP contribution in [0.1, 0.15) is 24.5 Å². The van der Waals surface area contributed by atoms with Gasteiger partial charge < -0.3 is 19.9 Å². The maximum absolute atomic E-state index is 12.3. The Morgan fingerprint density at radius 2 is 1.76 bits per heavy atom. The fraction of sp³-hybridized carbons (Fsp3) is 0.435. The molecule has 1 saturated heterocycles. The van der Waals surface area contributed by atoms with Gasteiger partial charge in [0.1, 0.15) is 12.7 Å². The summed E-state index contributed by atoms with van der Waals surface area (Å²) in [5.74, 6) is 1.70. The maximum atomic E-state index is 12.3. The number of carbonyl (C=O) groups excluding carboxylic acids is 1. The highest BCUT2D eigenvalue weighted by atomic mass is 16.6. The Labute approximate surface area is 171 Å². The zero-order chi connectivity index (χ0) is 20.1. The summed E-state index contributed by atoms with van der Waals surface area (Å²) in [5, 5.41) is 13.5. The van der Waals surface area contributed by atoms with E-state index >= 15 is 0 Å². The number of para-hydroxylation sites is 2. The van der Waals surface area contributed by atoms with E-state index in [1.165, 1.54) is 0 Å². The molecule has 2 aromatic rings. The second-order valence-electron chi connectivity index (χ2n) is 7.77. The molecule has 0 aliphatic carbocycles. The molecule has 4 rings (SSSR count). The van der Waals surface area contributed by atoms with E-state index in [2.05, 4.69) is 10.2 Å². The molecule has 2 N–H and O–H groups in total. The Bertz CT molecular complexity index is 806. The van der Waals surface area contributed by atoms with E-state index in [0.29, 0.717) is 19.7 Å². The average molecular weight is 396 g/mol. The van der Waals surface area contributed by atoms with Gasteiger partial charge in [0.15, 0.2) is 11.5 Å². The Morgan fingerprint density at radius 1 is 1.07 bits per heavy atom. The first-order chi connectivity index (χ1) is 14.2. The minimum absolute atomic E-state index is 0.00508. The molecule has 6 nitrogen and oxygen atoms in total. The SMILES string of the molecule is O=C(CN1CCC(C(O)c2ccccc2)CC1)NCC1COc2ccccc2O1. The summed E-state index contributed by atoms with van der Waals surface area (Å²) in [6.45, 7) is 2.87. The van der Waals surface area contributed by atoms with Gasteiger partial charge in [0, 0.05) is 0 Å². The fourth-order valence-corrected chi connectivity index (χ4v) is 4.00. The van der Waals surface area contributed by atoms with Crippen LogP contribution in [0.5, 0.6) is 11.5 Å². The summed E-state index contributed by atoms with van der Waals surface area (Å²) < 4.78 is 11.6. The number of piperidine rings is 1. The largest absolute Gasteiger partial charge is 0.486 e. The molecule has 2 atom stereocenters. The molecule has 2 heterocycles. The van der Waals surface area contributed by atoms with Crippen molar-refractivity contribution in [3.05, 3.63) is 60.2 Å². The van der Waals surface area contributed by atoms with Crippen molar-refractivity contribution < 1.29 is 19.4 Å². The zero-order valence-electron chi connectivity index (χ0n) is 16.5. The third-order valence-corrected chi connectivity index (χ3v) is 5.68. The lowest BCUT2D eigenvalue weighted by Crippen LogP contribution is -2.46. The lowest BCUT2D eigenvalue weighted by atomic mass is 9.87. The number of likely N-dealkylation sites (tertiary alicyclic amines) is 1. The van der Waals surface area contributed by atoms with Crippen molar-refractivity contribution in [2.24, 2.45) is 5.92 Å². The Hall–Kier alpha value is -2.57. The molecule has 2 unspecified atom stereocenters. The molecular weight excluding hydrogens is 368 g/mol. The van der Waals surface area contributed by atoms with Crippen molar-refractivity contribution in [1.82, 2.24) is 10.2 Å². The minimum atomic E-state index is -0.432. The van der Waals surface area contributed by atoms with Gasteiger partial charge in [0.05, 0.1) is 19.2 Å². The van der Waals surface area contributed by atoms with E-state index in [1.54, 1.807) is 0 Å². The van der Waals surface area contributed by atoms with Crippen molar-refractivity contribution in [3.8, 4) is 11.5 Å². The zero-order valence-corrected chi connectivity index (χ0v) is 16.5. The van der Waals surface area contributed by atoms with Crippen LogP contribution in [0.25, 0.3) is 0 Å². The van der Waals surface area contributed by atoms with Crippen molar-refractivity contribution in [1.29, 1.82) is 0 Å². The molecule has 0 saturated carbocycles. The van der Waals surface area contributed by atoms with Gasteiger partial charge in [-0.1, -0.05) is 42.5 Å². The predicted octanol–water partition coefficient (Wildman–Crippen LogP) is 2.39. The van der Waals surface area contributed by atoms with Crippen molar-refractivity contribution in [2.45, 2.75) is 25.0 Å². The molecule has 0 spiro atoms. The van der Waals surface area contributed by atoms with Crippen molar-refractivity contribution >= 4 is 5.91 Å². The number of aliphatic hydroxyl groups is 1. The Balaban J connectivity index is 1.18. The second-order valence-corrected chi connectivity index (χ2v) is 7.77. The Kier molecular flexibility index (Phi) is 6.32. The maximum Gasteiger partial charge on any atom is 0.234 e. The lowest BCUT2D eigenvalue weighted by Gasteiger charge is -2.34. The second kappa shape index (κ2) is 9.29. The van der Waals surface area contributed by atoms with Crippen molar-refractivity contribution in [2.75, 3.05) is 32.8 Å². The highest BCUT2D eigenvalue weighted by Crippen LogP contribution is 2.31. The molecule has 154 valence electrons. The number of nitrogens with one attached hydrogen (secondary N) is 1. The lowest BCUT2D eigenvalue weighted by molar-refractivity contribution is -0.123. The number of amides is 1. The first-order valence-electron chi connectivity index (χ1n) is 10.3. The van der Waals surface area contributed by atoms with Crippen LogP contribution in [-0.2, 0) is 4.79 Å². The topological polar surface area (TPSA) is 71.0 Å². The normalized spacial score (nSPS) is 20.8. The molecule has 6 heteroatoms. The molecule has 0 radical (unpaired) electrons. The molecule has 0 bridgehead atoms. The van der Waals surface area contributed by atoms with Gasteiger partial charge in [0.25, 0.3) is 0 Å². The van der Waals surface area contributed by atoms with Crippen LogP contribution in [-0.4, -0.2) is 54.8 Å². The van der Waals surface area contributed by atoms with Crippen LogP contribution in [0.15, 0.2) is 54.6 Å². The molecule has 2 aliphatic rings. The van der Waals surface area contributed by atoms with E-state index in [0.717, 1.165) is 43.0 Å². The molecule has 1 fully saturated rings. The molecule has 0 aromatic heterocycles. The number of hydrogen-bond donors (Lipinski definition) is 2. The van der Waals surface area contributed by atoms with Gasteiger partial charge in [-0.2, -0.15) is 0 Å². The highest BCUT2D eigenvalue weighted by Gasteiger charge is 2.27. The van der Waals surface area contributed by atoms with Crippen LogP contribution >= 0.6 is 0 Å². The van der Waals surface area contributed by atoms with E-state index < -0.39 is 6.10 Å². The summed E-state index contributed by atoms with van der Waals surface area (Å²) in [4.78, 5) is 14.5. The van der Waals surface area contributed by atoms with E-state index in [4.69, 9.17) is 9.47 Å². The number of nitrogens with zero attached hydrogens (tertiary/aromatic N) is 1. The quantitative estimate of drug-likeness (QED) is 0.785. The molecule has 2 aliphatic heterocycles. The smallest absolute Gasteiger partial charge is 0.234 e. The van der Waals surface area contributed by atoms with Gasteiger partial charge in [-0.3, -0.25) is 9.69 Å². The molecule has 29 heavy (non-hydrogen) atoms. The van der Waals surface area contributed by atoms with E-state index in [1.807, 2.05) is 54.6 Å². The average Bonchev–Trinajstić information content (AvgIpc) is 2.78. The van der Waals surface area contributed by atoms with Crippen LogP contribution in [0, 0.1) is 5.92 Å². The number of fused-ring (bicyclic) bond motifs is 1. The monoisotopic (exact) mass is 396 g/mol. The van der Waals surface area contributed by atoms with Gasteiger partial charge in [-0.15, -0.1) is 0 Å². The number of ether oxygens (including phenoxy) is 2. The summed E-state index contributed by atoms with van der Waals surface area (Å²) in [6.07, 6.45) is 1.17. The van der Waals surface area contributed by atoms with Gasteiger partial charge >= 0.3 is 0 Å². The Morgan fingerprint density at radius 3 is 2.52 bits per heavy atom. The molecule has 2 aromatic carbocycles. The first kappa shape index (κ1) is 19.7. The van der Waals surface area contributed by atoms with Crippen LogP contribution in [0.2, 0.25) is 0 Å². The third-order valence-electron chi connectivity index (χ3n) is 5.68. The number of benzene rings is 2. The molecular formula is C23H28N2O4. The summed E-state index contributed by atoms with van der Waals surface area (Å²) in [7, 11) is 0. The van der Waals surface area contributed by atoms with Gasteiger partial charge in [-0.05, 0) is 49.5 Å².